The van der Waals surface area contributed by atoms with E-state index in [4.69, 9.17) is 13.9 Å². The van der Waals surface area contributed by atoms with E-state index in [1.807, 2.05) is 18.2 Å². The van der Waals surface area contributed by atoms with E-state index < -0.39 is 8.32 Å². The molecule has 0 aromatic heterocycles. The maximum Gasteiger partial charge on any atom is 0.261 e. The van der Waals surface area contributed by atoms with Crippen molar-refractivity contribution >= 4 is 18.7 Å². The second-order valence-corrected chi connectivity index (χ2v) is 14.2. The molecule has 0 unspecified atom stereocenters. The molecular weight excluding hydrogens is 424 g/mol. The van der Waals surface area contributed by atoms with E-state index in [2.05, 4.69) is 93.6 Å². The van der Waals surface area contributed by atoms with Crippen molar-refractivity contribution in [2.24, 2.45) is 0 Å². The molecular formula is C29H36O3Si. The fraction of sp³-hybridized carbons (Fsp3) is 0.379. The second-order valence-electron chi connectivity index (χ2n) is 9.92. The minimum atomic E-state index is -2.55. The third kappa shape index (κ3) is 5.64. The van der Waals surface area contributed by atoms with Crippen LogP contribution in [0.15, 0.2) is 91.0 Å². The molecule has 0 radical (unpaired) electrons. The molecule has 3 aromatic rings. The molecule has 1 saturated heterocycles. The molecule has 0 aliphatic carbocycles. The minimum absolute atomic E-state index is 0.0205. The van der Waals surface area contributed by atoms with Crippen LogP contribution in [0.1, 0.15) is 39.2 Å². The Morgan fingerprint density at radius 1 is 0.818 bits per heavy atom. The van der Waals surface area contributed by atoms with Crippen LogP contribution >= 0.6 is 0 Å². The third-order valence-corrected chi connectivity index (χ3v) is 11.6. The maximum absolute atomic E-state index is 7.31. The number of hydrogen-bond donors (Lipinski definition) is 0. The van der Waals surface area contributed by atoms with Crippen molar-refractivity contribution in [1.29, 1.82) is 0 Å². The SMILES string of the molecule is CC(C)(C)[Si](O[C@H]1CCO[C@H](COCc2ccccc2)C1)(c1ccccc1)c1ccccc1. The molecule has 3 aromatic carbocycles. The quantitative estimate of drug-likeness (QED) is 0.426. The van der Waals surface area contributed by atoms with Crippen LogP contribution in [0.5, 0.6) is 0 Å². The van der Waals surface area contributed by atoms with E-state index in [1.54, 1.807) is 0 Å². The van der Waals surface area contributed by atoms with Gasteiger partial charge in [0.15, 0.2) is 0 Å². The smallest absolute Gasteiger partial charge is 0.261 e. The normalized spacial score (nSPS) is 19.4. The Hall–Kier alpha value is -2.24. The zero-order valence-corrected chi connectivity index (χ0v) is 21.1. The molecule has 3 nitrogen and oxygen atoms in total. The summed E-state index contributed by atoms with van der Waals surface area (Å²) in [6.07, 6.45) is 1.99. The first-order valence-corrected chi connectivity index (χ1v) is 13.9. The lowest BCUT2D eigenvalue weighted by Gasteiger charge is -2.46. The van der Waals surface area contributed by atoms with Crippen LogP contribution in [0, 0.1) is 0 Å². The van der Waals surface area contributed by atoms with Crippen molar-refractivity contribution in [3.05, 3.63) is 96.6 Å². The topological polar surface area (TPSA) is 27.7 Å². The molecule has 2 atom stereocenters. The highest BCUT2D eigenvalue weighted by molar-refractivity contribution is 6.99. The van der Waals surface area contributed by atoms with Gasteiger partial charge < -0.3 is 13.9 Å². The van der Waals surface area contributed by atoms with Crippen LogP contribution in [0.4, 0.5) is 0 Å². The number of ether oxygens (including phenoxy) is 2. The summed E-state index contributed by atoms with van der Waals surface area (Å²) in [6.45, 7) is 8.91. The van der Waals surface area contributed by atoms with Crippen molar-refractivity contribution in [1.82, 2.24) is 0 Å². The third-order valence-electron chi connectivity index (χ3n) is 6.49. The van der Waals surface area contributed by atoms with Gasteiger partial charge in [0.25, 0.3) is 8.32 Å². The largest absolute Gasteiger partial charge is 0.404 e. The predicted octanol–water partition coefficient (Wildman–Crippen LogP) is 5.33. The predicted molar refractivity (Wildman–Crippen MR) is 138 cm³/mol. The van der Waals surface area contributed by atoms with Crippen molar-refractivity contribution in [2.45, 2.75) is 57.5 Å². The van der Waals surface area contributed by atoms with E-state index in [9.17, 15) is 0 Å². The van der Waals surface area contributed by atoms with Crippen LogP contribution in [-0.2, 0) is 20.5 Å². The summed E-state index contributed by atoms with van der Waals surface area (Å²) < 4.78 is 19.4. The molecule has 0 bridgehead atoms. The Kier molecular flexibility index (Phi) is 7.81. The summed E-state index contributed by atoms with van der Waals surface area (Å²) in [5.41, 5.74) is 1.19. The average Bonchev–Trinajstić information content (AvgIpc) is 2.84. The molecule has 4 heteroatoms. The number of hydrogen-bond acceptors (Lipinski definition) is 3. The fourth-order valence-electron chi connectivity index (χ4n) is 4.89. The lowest BCUT2D eigenvalue weighted by Crippen LogP contribution is -2.68. The summed E-state index contributed by atoms with van der Waals surface area (Å²) >= 11 is 0. The van der Waals surface area contributed by atoms with Crippen molar-refractivity contribution in [3.8, 4) is 0 Å². The van der Waals surface area contributed by atoms with Gasteiger partial charge in [-0.25, -0.2) is 0 Å². The lowest BCUT2D eigenvalue weighted by molar-refractivity contribution is -0.0774. The molecule has 0 spiro atoms. The molecule has 33 heavy (non-hydrogen) atoms. The van der Waals surface area contributed by atoms with Gasteiger partial charge in [-0.05, 0) is 27.4 Å². The van der Waals surface area contributed by atoms with Gasteiger partial charge in [0.1, 0.15) is 0 Å². The average molecular weight is 461 g/mol. The van der Waals surface area contributed by atoms with Gasteiger partial charge >= 0.3 is 0 Å². The molecule has 174 valence electrons. The zero-order valence-electron chi connectivity index (χ0n) is 20.1. The molecule has 0 saturated carbocycles. The first-order chi connectivity index (χ1) is 16.0. The lowest BCUT2D eigenvalue weighted by atomic mass is 10.1. The first-order valence-electron chi connectivity index (χ1n) is 12.0. The van der Waals surface area contributed by atoms with E-state index in [-0.39, 0.29) is 17.2 Å². The molecule has 1 fully saturated rings. The summed E-state index contributed by atoms with van der Waals surface area (Å²) in [7, 11) is -2.55. The summed E-state index contributed by atoms with van der Waals surface area (Å²) in [4.78, 5) is 0. The highest BCUT2D eigenvalue weighted by Gasteiger charge is 2.51. The molecule has 4 rings (SSSR count). The number of benzene rings is 3. The maximum atomic E-state index is 7.31. The zero-order chi connectivity index (χ0) is 23.2. The molecule has 1 aliphatic heterocycles. The summed E-state index contributed by atoms with van der Waals surface area (Å²) in [6, 6.07) is 32.1. The van der Waals surface area contributed by atoms with E-state index in [0.717, 1.165) is 12.8 Å². The van der Waals surface area contributed by atoms with Crippen LogP contribution in [0.2, 0.25) is 5.04 Å². The standard InChI is InChI=1S/C29H36O3Si/c1-29(2,3)33(27-15-9-5-10-16-27,28-17-11-6-12-18-28)32-25-19-20-31-26(21-25)23-30-22-24-13-7-4-8-14-24/h4-18,25-26H,19-23H2,1-3H3/t25-,26-/m0/s1. The van der Waals surface area contributed by atoms with E-state index >= 15 is 0 Å². The summed E-state index contributed by atoms with van der Waals surface area (Å²) in [5, 5.41) is 2.63. The molecule has 0 N–H and O–H groups in total. The van der Waals surface area contributed by atoms with Gasteiger partial charge in [0.2, 0.25) is 0 Å². The second kappa shape index (κ2) is 10.8. The molecule has 0 amide bonds. The van der Waals surface area contributed by atoms with Crippen molar-refractivity contribution in [2.75, 3.05) is 13.2 Å². The molecule has 1 heterocycles. The van der Waals surface area contributed by atoms with Gasteiger partial charge in [-0.15, -0.1) is 0 Å². The highest BCUT2D eigenvalue weighted by Crippen LogP contribution is 2.38. The van der Waals surface area contributed by atoms with E-state index in [1.165, 1.54) is 15.9 Å². The molecule has 1 aliphatic rings. The number of rotatable bonds is 8. The van der Waals surface area contributed by atoms with E-state index in [0.29, 0.717) is 19.8 Å². The Bertz CT molecular complexity index is 931. The van der Waals surface area contributed by atoms with Gasteiger partial charge in [0, 0.05) is 13.0 Å². The Morgan fingerprint density at radius 2 is 1.36 bits per heavy atom. The Morgan fingerprint density at radius 3 is 1.91 bits per heavy atom. The van der Waals surface area contributed by atoms with Gasteiger partial charge in [-0.2, -0.15) is 0 Å². The van der Waals surface area contributed by atoms with Crippen molar-refractivity contribution < 1.29 is 13.9 Å². The van der Waals surface area contributed by atoms with Crippen LogP contribution < -0.4 is 10.4 Å². The fourth-order valence-corrected chi connectivity index (χ4v) is 9.62. The van der Waals surface area contributed by atoms with Crippen molar-refractivity contribution in [3.63, 3.8) is 0 Å². The van der Waals surface area contributed by atoms with Crippen LogP contribution in [0.25, 0.3) is 0 Å². The van der Waals surface area contributed by atoms with Crippen LogP contribution in [0.3, 0.4) is 0 Å². The Balaban J connectivity index is 1.53. The van der Waals surface area contributed by atoms with Crippen LogP contribution in [-0.4, -0.2) is 33.7 Å². The van der Waals surface area contributed by atoms with Gasteiger partial charge in [-0.1, -0.05) is 112 Å². The Labute approximate surface area is 199 Å². The first kappa shape index (κ1) is 23.9. The minimum Gasteiger partial charge on any atom is -0.404 e. The van der Waals surface area contributed by atoms with Gasteiger partial charge in [0.05, 0.1) is 25.4 Å². The summed E-state index contributed by atoms with van der Waals surface area (Å²) in [5.74, 6) is 0. The van der Waals surface area contributed by atoms with Gasteiger partial charge in [-0.3, -0.25) is 0 Å². The highest BCUT2D eigenvalue weighted by atomic mass is 28.4. The monoisotopic (exact) mass is 460 g/mol.